The average Bonchev–Trinajstić information content (AvgIpc) is 3.54. The van der Waals surface area contributed by atoms with Gasteiger partial charge in [0.25, 0.3) is 0 Å². The Morgan fingerprint density at radius 1 is 0.912 bits per heavy atom. The number of thiophene rings is 1. The summed E-state index contributed by atoms with van der Waals surface area (Å²) in [5.74, 6) is 0.574. The summed E-state index contributed by atoms with van der Waals surface area (Å²) in [7, 11) is 0. The minimum atomic E-state index is -0.0111. The molecule has 34 heavy (non-hydrogen) atoms. The van der Waals surface area contributed by atoms with Crippen molar-refractivity contribution in [3.05, 3.63) is 110 Å². The molecule has 166 valence electrons. The van der Waals surface area contributed by atoms with E-state index in [1.807, 2.05) is 47.5 Å². The maximum atomic E-state index is 6.35. The molecule has 0 amide bonds. The lowest BCUT2D eigenvalue weighted by atomic mass is 10.0. The molecule has 1 aliphatic rings. The van der Waals surface area contributed by atoms with Crippen LogP contribution in [0.3, 0.4) is 0 Å². The van der Waals surface area contributed by atoms with Gasteiger partial charge in [-0.15, -0.1) is 11.3 Å². The first-order chi connectivity index (χ1) is 16.7. The molecule has 1 atom stereocenters. The largest absolute Gasteiger partial charge is 0.247 e. The number of rotatable bonds is 4. The molecule has 0 saturated heterocycles. The van der Waals surface area contributed by atoms with Crippen molar-refractivity contribution in [1.29, 1.82) is 0 Å². The molecule has 3 heterocycles. The number of fused-ring (bicyclic) bond motifs is 1. The number of aromatic nitrogens is 2. The van der Waals surface area contributed by atoms with Gasteiger partial charge in [-0.25, -0.2) is 15.0 Å². The van der Waals surface area contributed by atoms with Gasteiger partial charge in [-0.1, -0.05) is 76.1 Å². The van der Waals surface area contributed by atoms with E-state index in [0.717, 1.165) is 44.3 Å². The first-order valence-corrected chi connectivity index (χ1v) is 12.9. The third-order valence-electron chi connectivity index (χ3n) is 5.85. The highest BCUT2D eigenvalue weighted by Gasteiger charge is 2.32. The second-order valence-electron chi connectivity index (χ2n) is 8.04. The zero-order chi connectivity index (χ0) is 23.1. The number of hydrogen-bond donors (Lipinski definition) is 0. The second kappa shape index (κ2) is 8.95. The van der Waals surface area contributed by atoms with Crippen LogP contribution in [0.2, 0.25) is 5.02 Å². The van der Waals surface area contributed by atoms with E-state index in [9.17, 15) is 0 Å². The van der Waals surface area contributed by atoms with Gasteiger partial charge in [0.2, 0.25) is 5.95 Å². The van der Waals surface area contributed by atoms with Crippen molar-refractivity contribution in [2.24, 2.45) is 5.10 Å². The Bertz CT molecular complexity index is 1520. The minimum Gasteiger partial charge on any atom is -0.223 e. The SMILES string of the molecule is Clc1ccc2nc(N3N=C(c4cccs4)C[C@@H]3c3cccc(Br)c3)nc(-c3ccccc3)c2c1. The molecule has 0 spiro atoms. The maximum Gasteiger partial charge on any atom is 0.247 e. The van der Waals surface area contributed by atoms with Crippen LogP contribution < -0.4 is 5.01 Å². The van der Waals surface area contributed by atoms with E-state index in [1.54, 1.807) is 11.3 Å². The smallest absolute Gasteiger partial charge is 0.223 e. The van der Waals surface area contributed by atoms with Crippen LogP contribution >= 0.6 is 38.9 Å². The Morgan fingerprint density at radius 3 is 2.59 bits per heavy atom. The van der Waals surface area contributed by atoms with Gasteiger partial charge in [-0.3, -0.25) is 0 Å². The van der Waals surface area contributed by atoms with Crippen molar-refractivity contribution < 1.29 is 0 Å². The molecule has 7 heteroatoms. The second-order valence-corrected chi connectivity index (χ2v) is 10.3. The van der Waals surface area contributed by atoms with E-state index < -0.39 is 0 Å². The normalized spacial score (nSPS) is 15.6. The molecular weight excluding hydrogens is 528 g/mol. The van der Waals surface area contributed by atoms with E-state index in [4.69, 9.17) is 26.7 Å². The van der Waals surface area contributed by atoms with Crippen molar-refractivity contribution in [1.82, 2.24) is 9.97 Å². The van der Waals surface area contributed by atoms with Crippen molar-refractivity contribution in [3.63, 3.8) is 0 Å². The molecule has 4 nitrogen and oxygen atoms in total. The summed E-state index contributed by atoms with van der Waals surface area (Å²) < 4.78 is 1.04. The quantitative estimate of drug-likeness (QED) is 0.229. The van der Waals surface area contributed by atoms with Crippen LogP contribution in [-0.2, 0) is 0 Å². The number of hydrogen-bond acceptors (Lipinski definition) is 5. The van der Waals surface area contributed by atoms with Crippen molar-refractivity contribution in [3.8, 4) is 11.3 Å². The number of nitrogens with zero attached hydrogens (tertiary/aromatic N) is 4. The first-order valence-electron chi connectivity index (χ1n) is 10.8. The summed E-state index contributed by atoms with van der Waals surface area (Å²) in [6.07, 6.45) is 0.777. The number of hydrazone groups is 1. The fraction of sp³-hybridized carbons (Fsp3) is 0.0741. The summed E-state index contributed by atoms with van der Waals surface area (Å²) in [6.45, 7) is 0. The average molecular weight is 546 g/mol. The lowest BCUT2D eigenvalue weighted by Gasteiger charge is -2.23. The lowest BCUT2D eigenvalue weighted by Crippen LogP contribution is -2.21. The predicted octanol–water partition coefficient (Wildman–Crippen LogP) is 8.13. The Kier molecular flexibility index (Phi) is 5.65. The predicted molar refractivity (Wildman–Crippen MR) is 145 cm³/mol. The molecule has 0 radical (unpaired) electrons. The van der Waals surface area contributed by atoms with Gasteiger partial charge in [0, 0.05) is 26.9 Å². The van der Waals surface area contributed by atoms with Gasteiger partial charge in [0.05, 0.1) is 27.8 Å². The van der Waals surface area contributed by atoms with Crippen molar-refractivity contribution in [2.45, 2.75) is 12.5 Å². The van der Waals surface area contributed by atoms with E-state index >= 15 is 0 Å². The molecule has 1 aliphatic heterocycles. The Hall–Kier alpha value is -3.06. The molecule has 0 N–H and O–H groups in total. The van der Waals surface area contributed by atoms with Crippen molar-refractivity contribution >= 4 is 61.4 Å². The third-order valence-corrected chi connectivity index (χ3v) is 7.49. The zero-order valence-electron chi connectivity index (χ0n) is 17.9. The highest BCUT2D eigenvalue weighted by atomic mass is 79.9. The van der Waals surface area contributed by atoms with E-state index in [0.29, 0.717) is 11.0 Å². The third kappa shape index (κ3) is 4.02. The Balaban J connectivity index is 1.55. The van der Waals surface area contributed by atoms with Crippen LogP contribution in [0, 0.1) is 0 Å². The van der Waals surface area contributed by atoms with Crippen LogP contribution in [0.25, 0.3) is 22.2 Å². The Labute approximate surface area is 214 Å². The standard InChI is InChI=1S/C27H18BrClN4S/c28-19-9-4-8-18(14-19)24-16-23(25-10-5-13-34-25)32-33(24)27-30-22-12-11-20(29)15-21(22)26(31-27)17-6-2-1-3-7-17/h1-15,24H,16H2/t24-/m1/s1. The first kappa shape index (κ1) is 21.5. The highest BCUT2D eigenvalue weighted by molar-refractivity contribution is 9.10. The number of anilines is 1. The molecule has 2 aromatic heterocycles. The van der Waals surface area contributed by atoms with E-state index in [2.05, 4.69) is 63.8 Å². The number of halogens is 2. The number of benzene rings is 3. The van der Waals surface area contributed by atoms with Crippen LogP contribution in [0.15, 0.2) is 99.9 Å². The summed E-state index contributed by atoms with van der Waals surface area (Å²) in [4.78, 5) is 11.2. The van der Waals surface area contributed by atoms with E-state index in [-0.39, 0.29) is 6.04 Å². The van der Waals surface area contributed by atoms with Crippen LogP contribution in [0.4, 0.5) is 5.95 Å². The molecule has 0 bridgehead atoms. The molecule has 6 rings (SSSR count). The van der Waals surface area contributed by atoms with Gasteiger partial charge in [0.1, 0.15) is 0 Å². The van der Waals surface area contributed by atoms with Gasteiger partial charge < -0.3 is 0 Å². The van der Waals surface area contributed by atoms with Gasteiger partial charge in [-0.05, 0) is 47.3 Å². The zero-order valence-corrected chi connectivity index (χ0v) is 21.1. The minimum absolute atomic E-state index is 0.0111. The van der Waals surface area contributed by atoms with Gasteiger partial charge >= 0.3 is 0 Å². The molecule has 3 aromatic carbocycles. The highest BCUT2D eigenvalue weighted by Crippen LogP contribution is 2.39. The summed E-state index contributed by atoms with van der Waals surface area (Å²) >= 11 is 11.7. The summed E-state index contributed by atoms with van der Waals surface area (Å²) in [5.41, 5.74) is 4.89. The molecule has 5 aromatic rings. The fourth-order valence-corrected chi connectivity index (χ4v) is 5.58. The fourth-order valence-electron chi connectivity index (χ4n) is 4.27. The molecular formula is C27H18BrClN4S. The van der Waals surface area contributed by atoms with Crippen LogP contribution in [0.1, 0.15) is 22.9 Å². The van der Waals surface area contributed by atoms with E-state index in [1.165, 1.54) is 4.88 Å². The van der Waals surface area contributed by atoms with Gasteiger partial charge in [0.15, 0.2) is 0 Å². The molecule has 0 unspecified atom stereocenters. The van der Waals surface area contributed by atoms with Crippen molar-refractivity contribution in [2.75, 3.05) is 5.01 Å². The summed E-state index contributed by atoms with van der Waals surface area (Å²) in [6, 6.07) is 28.4. The topological polar surface area (TPSA) is 41.4 Å². The summed E-state index contributed by atoms with van der Waals surface area (Å²) in [5, 5.41) is 10.7. The Morgan fingerprint density at radius 2 is 1.79 bits per heavy atom. The van der Waals surface area contributed by atoms with Crippen LogP contribution in [-0.4, -0.2) is 15.7 Å². The van der Waals surface area contributed by atoms with Crippen LogP contribution in [0.5, 0.6) is 0 Å². The molecule has 0 saturated carbocycles. The van der Waals surface area contributed by atoms with Gasteiger partial charge in [-0.2, -0.15) is 5.10 Å². The molecule has 0 aliphatic carbocycles. The molecule has 0 fully saturated rings. The maximum absolute atomic E-state index is 6.35. The lowest BCUT2D eigenvalue weighted by molar-refractivity contribution is 0.688. The monoisotopic (exact) mass is 544 g/mol.